The molecule has 0 saturated carbocycles. The second kappa shape index (κ2) is 4.88. The molecule has 0 aliphatic carbocycles. The highest BCUT2D eigenvalue weighted by atomic mass is 16.6. The standard InChI is InChI=1S/C12H18N2O2/c1-12(2,3)16-11(15)8-14-10-6-4-5-9(13)7-10/h4-7,14H,8,13H2,1-3H3. The SMILES string of the molecule is CC(C)(C)OC(=O)CNc1cccc(N)c1. The summed E-state index contributed by atoms with van der Waals surface area (Å²) >= 11 is 0. The Balaban J connectivity index is 2.43. The number of nitrogens with two attached hydrogens (primary N) is 1. The molecule has 4 nitrogen and oxygen atoms in total. The van der Waals surface area contributed by atoms with E-state index in [1.54, 1.807) is 12.1 Å². The summed E-state index contributed by atoms with van der Waals surface area (Å²) < 4.78 is 5.16. The summed E-state index contributed by atoms with van der Waals surface area (Å²) in [7, 11) is 0. The van der Waals surface area contributed by atoms with Gasteiger partial charge in [-0.3, -0.25) is 4.79 Å². The average Bonchev–Trinajstić information content (AvgIpc) is 2.12. The highest BCUT2D eigenvalue weighted by Crippen LogP contribution is 2.12. The van der Waals surface area contributed by atoms with Crippen LogP contribution in [0.4, 0.5) is 11.4 Å². The molecule has 0 atom stereocenters. The minimum absolute atomic E-state index is 0.140. The molecule has 0 radical (unpaired) electrons. The van der Waals surface area contributed by atoms with Crippen LogP contribution in [-0.2, 0) is 9.53 Å². The lowest BCUT2D eigenvalue weighted by molar-refractivity contribution is -0.152. The number of rotatable bonds is 3. The van der Waals surface area contributed by atoms with Crippen LogP contribution in [0.2, 0.25) is 0 Å². The molecule has 1 aromatic carbocycles. The van der Waals surface area contributed by atoms with Crippen LogP contribution >= 0.6 is 0 Å². The molecule has 0 fully saturated rings. The van der Waals surface area contributed by atoms with E-state index in [0.717, 1.165) is 5.69 Å². The third-order valence-electron chi connectivity index (χ3n) is 1.74. The summed E-state index contributed by atoms with van der Waals surface area (Å²) in [6.45, 7) is 5.66. The molecular formula is C12H18N2O2. The summed E-state index contributed by atoms with van der Waals surface area (Å²) in [4.78, 5) is 11.4. The first-order chi connectivity index (χ1) is 7.37. The smallest absolute Gasteiger partial charge is 0.325 e. The zero-order valence-electron chi connectivity index (χ0n) is 9.91. The van der Waals surface area contributed by atoms with E-state index < -0.39 is 5.60 Å². The molecular weight excluding hydrogens is 204 g/mol. The van der Waals surface area contributed by atoms with E-state index in [1.807, 2.05) is 32.9 Å². The Morgan fingerprint density at radius 2 is 2.12 bits per heavy atom. The molecule has 16 heavy (non-hydrogen) atoms. The molecule has 3 N–H and O–H groups in total. The molecule has 0 aliphatic rings. The lowest BCUT2D eigenvalue weighted by atomic mass is 10.2. The van der Waals surface area contributed by atoms with Crippen LogP contribution in [0, 0.1) is 0 Å². The summed E-state index contributed by atoms with van der Waals surface area (Å²) in [5.41, 5.74) is 6.63. The number of hydrogen-bond donors (Lipinski definition) is 2. The number of carbonyl (C=O) groups excluding carboxylic acids is 1. The number of hydrogen-bond acceptors (Lipinski definition) is 4. The molecule has 0 aromatic heterocycles. The number of nitrogen functional groups attached to an aromatic ring is 1. The van der Waals surface area contributed by atoms with E-state index >= 15 is 0 Å². The molecule has 0 heterocycles. The van der Waals surface area contributed by atoms with Gasteiger partial charge in [0.2, 0.25) is 0 Å². The van der Waals surface area contributed by atoms with Gasteiger partial charge in [0.1, 0.15) is 12.1 Å². The lowest BCUT2D eigenvalue weighted by Crippen LogP contribution is -2.28. The van der Waals surface area contributed by atoms with E-state index in [2.05, 4.69) is 5.32 Å². The quantitative estimate of drug-likeness (QED) is 0.606. The predicted molar refractivity (Wildman–Crippen MR) is 65.2 cm³/mol. The average molecular weight is 222 g/mol. The van der Waals surface area contributed by atoms with Crippen molar-refractivity contribution in [3.63, 3.8) is 0 Å². The normalized spacial score (nSPS) is 10.9. The monoisotopic (exact) mass is 222 g/mol. The molecule has 0 bridgehead atoms. The summed E-state index contributed by atoms with van der Waals surface area (Å²) in [5, 5.41) is 2.95. The van der Waals surface area contributed by atoms with Crippen molar-refractivity contribution in [3.05, 3.63) is 24.3 Å². The van der Waals surface area contributed by atoms with Gasteiger partial charge >= 0.3 is 5.97 Å². The number of anilines is 2. The maximum Gasteiger partial charge on any atom is 0.325 e. The molecule has 0 spiro atoms. The van der Waals surface area contributed by atoms with Gasteiger partial charge in [0.05, 0.1) is 0 Å². The maximum atomic E-state index is 11.4. The third kappa shape index (κ3) is 4.68. The summed E-state index contributed by atoms with van der Waals surface area (Å²) in [6.07, 6.45) is 0. The first-order valence-electron chi connectivity index (χ1n) is 5.18. The van der Waals surface area contributed by atoms with Crippen molar-refractivity contribution in [1.29, 1.82) is 0 Å². The zero-order valence-corrected chi connectivity index (χ0v) is 9.91. The first kappa shape index (κ1) is 12.4. The Morgan fingerprint density at radius 1 is 1.44 bits per heavy atom. The minimum Gasteiger partial charge on any atom is -0.459 e. The van der Waals surface area contributed by atoms with Gasteiger partial charge in [0.15, 0.2) is 0 Å². The number of benzene rings is 1. The van der Waals surface area contributed by atoms with Crippen molar-refractivity contribution in [2.75, 3.05) is 17.6 Å². The van der Waals surface area contributed by atoms with Crippen molar-refractivity contribution in [1.82, 2.24) is 0 Å². The summed E-state index contributed by atoms with van der Waals surface area (Å²) in [5.74, 6) is -0.282. The predicted octanol–water partition coefficient (Wildman–Crippen LogP) is 2.02. The molecule has 1 rings (SSSR count). The highest BCUT2D eigenvalue weighted by Gasteiger charge is 2.15. The minimum atomic E-state index is -0.450. The van der Waals surface area contributed by atoms with Crippen molar-refractivity contribution in [2.24, 2.45) is 0 Å². The van der Waals surface area contributed by atoms with E-state index in [-0.39, 0.29) is 12.5 Å². The van der Waals surface area contributed by atoms with Gasteiger partial charge < -0.3 is 15.8 Å². The highest BCUT2D eigenvalue weighted by molar-refractivity contribution is 5.75. The Kier molecular flexibility index (Phi) is 3.77. The van der Waals surface area contributed by atoms with Gasteiger partial charge in [-0.1, -0.05) is 6.07 Å². The Labute approximate surface area is 95.8 Å². The van der Waals surface area contributed by atoms with Crippen LogP contribution in [0.1, 0.15) is 20.8 Å². The second-order valence-electron chi connectivity index (χ2n) is 4.57. The van der Waals surface area contributed by atoms with Gasteiger partial charge in [-0.05, 0) is 39.0 Å². The van der Waals surface area contributed by atoms with Crippen LogP contribution in [0.3, 0.4) is 0 Å². The number of esters is 1. The maximum absolute atomic E-state index is 11.4. The van der Waals surface area contributed by atoms with Crippen molar-refractivity contribution < 1.29 is 9.53 Å². The Morgan fingerprint density at radius 3 is 2.69 bits per heavy atom. The second-order valence-corrected chi connectivity index (χ2v) is 4.57. The molecule has 0 amide bonds. The van der Waals surface area contributed by atoms with Crippen molar-refractivity contribution in [2.45, 2.75) is 26.4 Å². The van der Waals surface area contributed by atoms with Gasteiger partial charge in [-0.15, -0.1) is 0 Å². The lowest BCUT2D eigenvalue weighted by Gasteiger charge is -2.19. The molecule has 0 aliphatic heterocycles. The zero-order chi connectivity index (χ0) is 12.2. The summed E-state index contributed by atoms with van der Waals surface area (Å²) in [6, 6.07) is 7.23. The fraction of sp³-hybridized carbons (Fsp3) is 0.417. The van der Waals surface area contributed by atoms with Crippen molar-refractivity contribution >= 4 is 17.3 Å². The molecule has 88 valence electrons. The number of ether oxygens (including phenoxy) is 1. The van der Waals surface area contributed by atoms with Crippen LogP contribution in [0.15, 0.2) is 24.3 Å². The van der Waals surface area contributed by atoms with Crippen LogP contribution < -0.4 is 11.1 Å². The molecule has 4 heteroatoms. The molecule has 0 unspecified atom stereocenters. The van der Waals surface area contributed by atoms with Gasteiger partial charge in [-0.2, -0.15) is 0 Å². The molecule has 1 aromatic rings. The number of carbonyl (C=O) groups is 1. The van der Waals surface area contributed by atoms with E-state index in [9.17, 15) is 4.79 Å². The molecule has 0 saturated heterocycles. The van der Waals surface area contributed by atoms with E-state index in [1.165, 1.54) is 0 Å². The van der Waals surface area contributed by atoms with Gasteiger partial charge in [0, 0.05) is 11.4 Å². The van der Waals surface area contributed by atoms with Gasteiger partial charge in [-0.25, -0.2) is 0 Å². The third-order valence-corrected chi connectivity index (χ3v) is 1.74. The fourth-order valence-corrected chi connectivity index (χ4v) is 1.20. The first-order valence-corrected chi connectivity index (χ1v) is 5.18. The van der Waals surface area contributed by atoms with E-state index in [4.69, 9.17) is 10.5 Å². The largest absolute Gasteiger partial charge is 0.459 e. The van der Waals surface area contributed by atoms with Gasteiger partial charge in [0.25, 0.3) is 0 Å². The van der Waals surface area contributed by atoms with Crippen LogP contribution in [0.5, 0.6) is 0 Å². The van der Waals surface area contributed by atoms with E-state index in [0.29, 0.717) is 5.69 Å². The number of nitrogens with one attached hydrogen (secondary N) is 1. The topological polar surface area (TPSA) is 64.3 Å². The Bertz CT molecular complexity index is 370. The van der Waals surface area contributed by atoms with Crippen LogP contribution in [0.25, 0.3) is 0 Å². The fourth-order valence-electron chi connectivity index (χ4n) is 1.20. The van der Waals surface area contributed by atoms with Crippen molar-refractivity contribution in [3.8, 4) is 0 Å². The Hall–Kier alpha value is -1.71. The van der Waals surface area contributed by atoms with Crippen LogP contribution in [-0.4, -0.2) is 18.1 Å².